The zero-order valence-electron chi connectivity index (χ0n) is 11.9. The lowest BCUT2D eigenvalue weighted by Gasteiger charge is -2.15. The Labute approximate surface area is 122 Å². The van der Waals surface area contributed by atoms with Gasteiger partial charge in [0.2, 0.25) is 5.89 Å². The molecule has 3 heterocycles. The maximum atomic E-state index is 5.46. The fourth-order valence-electron chi connectivity index (χ4n) is 2.81. The summed E-state index contributed by atoms with van der Waals surface area (Å²) >= 11 is 0. The highest BCUT2D eigenvalue weighted by Crippen LogP contribution is 2.28. The van der Waals surface area contributed by atoms with E-state index >= 15 is 0 Å². The second-order valence-electron chi connectivity index (χ2n) is 5.88. The summed E-state index contributed by atoms with van der Waals surface area (Å²) < 4.78 is 5.46. The summed E-state index contributed by atoms with van der Waals surface area (Å²) in [5, 5.41) is 7.44. The molecule has 1 aliphatic rings. The van der Waals surface area contributed by atoms with Crippen LogP contribution in [0.5, 0.6) is 0 Å². The number of hydrogen-bond donors (Lipinski definition) is 2. The van der Waals surface area contributed by atoms with Crippen molar-refractivity contribution in [3.8, 4) is 0 Å². The minimum atomic E-state index is -0.0425. The van der Waals surface area contributed by atoms with E-state index in [1.807, 2.05) is 24.3 Å². The van der Waals surface area contributed by atoms with Crippen LogP contribution in [-0.2, 0) is 11.8 Å². The Balaban J connectivity index is 1.58. The molecule has 1 unspecified atom stereocenters. The Hall–Kier alpha value is -2.21. The van der Waals surface area contributed by atoms with Gasteiger partial charge in [-0.3, -0.25) is 0 Å². The fourth-order valence-corrected chi connectivity index (χ4v) is 2.81. The minimum absolute atomic E-state index is 0.0425. The van der Waals surface area contributed by atoms with Crippen molar-refractivity contribution in [1.29, 1.82) is 0 Å². The molecule has 1 saturated heterocycles. The van der Waals surface area contributed by atoms with Crippen LogP contribution in [0.15, 0.2) is 28.8 Å². The number of H-pyrrole nitrogens is 1. The monoisotopic (exact) mass is 283 g/mol. The summed E-state index contributed by atoms with van der Waals surface area (Å²) in [6, 6.07) is 7.97. The summed E-state index contributed by atoms with van der Waals surface area (Å²) in [5.74, 6) is 2.26. The second-order valence-corrected chi connectivity index (χ2v) is 5.88. The molecule has 0 saturated carbocycles. The van der Waals surface area contributed by atoms with Crippen molar-refractivity contribution >= 4 is 11.0 Å². The molecule has 0 radical (unpaired) electrons. The van der Waals surface area contributed by atoms with Gasteiger partial charge < -0.3 is 14.8 Å². The number of benzene rings is 1. The molecule has 21 heavy (non-hydrogen) atoms. The molecule has 108 valence electrons. The van der Waals surface area contributed by atoms with Gasteiger partial charge in [-0.1, -0.05) is 17.3 Å². The van der Waals surface area contributed by atoms with Crippen molar-refractivity contribution < 1.29 is 4.52 Å². The van der Waals surface area contributed by atoms with Crippen LogP contribution in [0.25, 0.3) is 11.0 Å². The van der Waals surface area contributed by atoms with Crippen molar-refractivity contribution in [1.82, 2.24) is 25.4 Å². The summed E-state index contributed by atoms with van der Waals surface area (Å²) in [6.45, 7) is 4.04. The number of nitrogens with zero attached hydrogens (tertiary/aromatic N) is 3. The molecule has 0 amide bonds. The van der Waals surface area contributed by atoms with Gasteiger partial charge in [-0.15, -0.1) is 0 Å². The molecule has 0 spiro atoms. The van der Waals surface area contributed by atoms with Gasteiger partial charge in [0.05, 0.1) is 22.9 Å². The quantitative estimate of drug-likeness (QED) is 0.766. The summed E-state index contributed by atoms with van der Waals surface area (Å²) in [4.78, 5) is 12.4. The zero-order valence-corrected chi connectivity index (χ0v) is 11.9. The van der Waals surface area contributed by atoms with E-state index in [-0.39, 0.29) is 5.41 Å². The van der Waals surface area contributed by atoms with Crippen LogP contribution in [0.2, 0.25) is 0 Å². The lowest BCUT2D eigenvalue weighted by molar-refractivity contribution is 0.304. The lowest BCUT2D eigenvalue weighted by Crippen LogP contribution is -2.25. The minimum Gasteiger partial charge on any atom is -0.342 e. The van der Waals surface area contributed by atoms with E-state index in [1.54, 1.807) is 0 Å². The molecule has 2 aromatic heterocycles. The van der Waals surface area contributed by atoms with E-state index in [9.17, 15) is 0 Å². The molecular formula is C15H17N5O. The van der Waals surface area contributed by atoms with Gasteiger partial charge in [-0.2, -0.15) is 4.98 Å². The molecule has 0 bridgehead atoms. The van der Waals surface area contributed by atoms with Crippen LogP contribution in [0, 0.1) is 0 Å². The van der Waals surface area contributed by atoms with Gasteiger partial charge in [0.25, 0.3) is 0 Å². The van der Waals surface area contributed by atoms with Crippen LogP contribution in [-0.4, -0.2) is 33.2 Å². The van der Waals surface area contributed by atoms with Gasteiger partial charge in [0, 0.05) is 6.54 Å². The average Bonchev–Trinajstić information content (AvgIpc) is 3.18. The first-order valence-electron chi connectivity index (χ1n) is 7.20. The maximum Gasteiger partial charge on any atom is 0.233 e. The highest BCUT2D eigenvalue weighted by atomic mass is 16.5. The smallest absolute Gasteiger partial charge is 0.233 e. The first-order chi connectivity index (χ1) is 10.2. The molecule has 6 heteroatoms. The fraction of sp³-hybridized carbons (Fsp3) is 0.400. The summed E-state index contributed by atoms with van der Waals surface area (Å²) in [7, 11) is 0. The van der Waals surface area contributed by atoms with Crippen molar-refractivity contribution in [2.45, 2.75) is 25.2 Å². The normalized spacial score (nSPS) is 22.1. The number of hydrogen-bond acceptors (Lipinski definition) is 5. The molecule has 1 fully saturated rings. The third-order valence-electron chi connectivity index (χ3n) is 4.12. The number of aromatic nitrogens is 4. The van der Waals surface area contributed by atoms with E-state index in [2.05, 4.69) is 32.3 Å². The maximum absolute atomic E-state index is 5.46. The number of nitrogens with one attached hydrogen (secondary N) is 2. The highest BCUT2D eigenvalue weighted by molar-refractivity contribution is 5.74. The molecule has 1 atom stereocenters. The third kappa shape index (κ3) is 2.21. The van der Waals surface area contributed by atoms with Crippen molar-refractivity contribution in [3.05, 3.63) is 41.8 Å². The van der Waals surface area contributed by atoms with Gasteiger partial charge in [-0.05, 0) is 32.0 Å². The zero-order chi connectivity index (χ0) is 14.3. The number of fused-ring (bicyclic) bond motifs is 1. The second kappa shape index (κ2) is 4.66. The van der Waals surface area contributed by atoms with E-state index < -0.39 is 0 Å². The van der Waals surface area contributed by atoms with Gasteiger partial charge in [-0.25, -0.2) is 4.98 Å². The predicted octanol–water partition coefficient (Wildman–Crippen LogP) is 1.79. The molecule has 3 aromatic rings. The molecule has 1 aliphatic heterocycles. The number of para-hydroxylation sites is 2. The Morgan fingerprint density at radius 1 is 1.29 bits per heavy atom. The van der Waals surface area contributed by atoms with Crippen LogP contribution in [0.4, 0.5) is 0 Å². The molecule has 6 nitrogen and oxygen atoms in total. The Morgan fingerprint density at radius 3 is 3.00 bits per heavy atom. The van der Waals surface area contributed by atoms with E-state index in [4.69, 9.17) is 4.52 Å². The van der Waals surface area contributed by atoms with Crippen LogP contribution >= 0.6 is 0 Å². The Bertz CT molecular complexity index is 736. The van der Waals surface area contributed by atoms with Crippen molar-refractivity contribution in [2.24, 2.45) is 0 Å². The Morgan fingerprint density at radius 2 is 2.19 bits per heavy atom. The lowest BCUT2D eigenvalue weighted by atomic mass is 9.90. The van der Waals surface area contributed by atoms with Crippen LogP contribution in [0.3, 0.4) is 0 Å². The summed E-state index contributed by atoms with van der Waals surface area (Å²) in [5.41, 5.74) is 1.95. The van der Waals surface area contributed by atoms with Crippen LogP contribution < -0.4 is 5.32 Å². The van der Waals surface area contributed by atoms with Crippen molar-refractivity contribution in [3.63, 3.8) is 0 Å². The first-order valence-corrected chi connectivity index (χ1v) is 7.20. The molecule has 4 rings (SSSR count). The van der Waals surface area contributed by atoms with Gasteiger partial charge in [0.15, 0.2) is 5.82 Å². The molecule has 2 N–H and O–H groups in total. The largest absolute Gasteiger partial charge is 0.342 e. The van der Waals surface area contributed by atoms with Gasteiger partial charge in [0.1, 0.15) is 5.82 Å². The number of aromatic amines is 1. The SMILES string of the molecule is CC1(c2nc(Cc3nc4ccccc4[nH]3)no2)CCNC1. The number of imidazole rings is 1. The predicted molar refractivity (Wildman–Crippen MR) is 78.0 cm³/mol. The average molecular weight is 283 g/mol. The van der Waals surface area contributed by atoms with Gasteiger partial charge >= 0.3 is 0 Å². The van der Waals surface area contributed by atoms with E-state index in [0.717, 1.165) is 42.3 Å². The topological polar surface area (TPSA) is 79.6 Å². The van der Waals surface area contributed by atoms with Crippen LogP contribution in [0.1, 0.15) is 30.9 Å². The van der Waals surface area contributed by atoms with Crippen molar-refractivity contribution in [2.75, 3.05) is 13.1 Å². The standard InChI is InChI=1S/C15H17N5O/c1-15(6-7-16-9-15)14-19-13(20-21-14)8-12-17-10-4-2-3-5-11(10)18-12/h2-5,16H,6-9H2,1H3,(H,17,18). The third-order valence-corrected chi connectivity index (χ3v) is 4.12. The molecular weight excluding hydrogens is 266 g/mol. The first kappa shape index (κ1) is 12.5. The molecule has 1 aromatic carbocycles. The van der Waals surface area contributed by atoms with E-state index in [0.29, 0.717) is 12.2 Å². The summed E-state index contributed by atoms with van der Waals surface area (Å²) in [6.07, 6.45) is 1.58. The highest BCUT2D eigenvalue weighted by Gasteiger charge is 2.36. The Kier molecular flexibility index (Phi) is 2.78. The van der Waals surface area contributed by atoms with E-state index in [1.165, 1.54) is 0 Å². The number of rotatable bonds is 3. The molecule has 0 aliphatic carbocycles.